The van der Waals surface area contributed by atoms with Gasteiger partial charge in [-0.3, -0.25) is 4.79 Å². The van der Waals surface area contributed by atoms with Gasteiger partial charge in [0.2, 0.25) is 5.91 Å². The van der Waals surface area contributed by atoms with Crippen molar-refractivity contribution in [1.82, 2.24) is 5.32 Å². The van der Waals surface area contributed by atoms with E-state index < -0.39 is 5.54 Å². The fourth-order valence-corrected chi connectivity index (χ4v) is 1.34. The lowest BCUT2D eigenvalue weighted by atomic mass is 10.0. The van der Waals surface area contributed by atoms with Crippen LogP contribution in [-0.2, 0) is 9.53 Å². The molecule has 1 unspecified atom stereocenters. The molecule has 0 aromatic carbocycles. The van der Waals surface area contributed by atoms with E-state index in [0.717, 1.165) is 6.42 Å². The molecule has 1 heterocycles. The van der Waals surface area contributed by atoms with Crippen LogP contribution in [-0.4, -0.2) is 24.7 Å². The van der Waals surface area contributed by atoms with Crippen LogP contribution >= 0.6 is 0 Å². The highest BCUT2D eigenvalue weighted by atomic mass is 16.5. The molecule has 0 saturated carbocycles. The van der Waals surface area contributed by atoms with Gasteiger partial charge in [-0.2, -0.15) is 5.26 Å². The van der Waals surface area contributed by atoms with Crippen LogP contribution in [0.2, 0.25) is 0 Å². The molecule has 1 saturated heterocycles. The van der Waals surface area contributed by atoms with Gasteiger partial charge < -0.3 is 10.1 Å². The Morgan fingerprint density at radius 2 is 2.54 bits per heavy atom. The predicted octanol–water partition coefficient (Wildman–Crippen LogP) is 0.585. The van der Waals surface area contributed by atoms with Crippen LogP contribution in [0, 0.1) is 11.3 Å². The summed E-state index contributed by atoms with van der Waals surface area (Å²) in [5.74, 6) is -0.0606. The van der Waals surface area contributed by atoms with Crippen LogP contribution in [0.1, 0.15) is 26.2 Å². The van der Waals surface area contributed by atoms with E-state index in [1.165, 1.54) is 0 Å². The number of amides is 1. The van der Waals surface area contributed by atoms with Crippen LogP contribution in [0.3, 0.4) is 0 Å². The van der Waals surface area contributed by atoms with Gasteiger partial charge in [0.25, 0.3) is 0 Å². The van der Waals surface area contributed by atoms with E-state index in [2.05, 4.69) is 11.4 Å². The minimum absolute atomic E-state index is 0.0606. The van der Waals surface area contributed by atoms with Gasteiger partial charge in [-0.15, -0.1) is 0 Å². The molecule has 0 spiro atoms. The van der Waals surface area contributed by atoms with E-state index in [4.69, 9.17) is 10.00 Å². The molecule has 0 aromatic rings. The maximum atomic E-state index is 11.2. The lowest BCUT2D eigenvalue weighted by Gasteiger charge is -2.19. The summed E-state index contributed by atoms with van der Waals surface area (Å²) in [6.45, 7) is 2.81. The van der Waals surface area contributed by atoms with Crippen LogP contribution < -0.4 is 5.32 Å². The van der Waals surface area contributed by atoms with Crippen molar-refractivity contribution in [3.63, 3.8) is 0 Å². The van der Waals surface area contributed by atoms with Gasteiger partial charge in [0, 0.05) is 12.8 Å². The SMILES string of the molecule is CCCC(=O)NC1(C#N)CCOC1. The number of nitrogens with one attached hydrogen (secondary N) is 1. The number of hydrogen-bond acceptors (Lipinski definition) is 3. The standard InChI is InChI=1S/C9H14N2O2/c1-2-3-8(12)11-9(6-10)4-5-13-7-9/h2-5,7H2,1H3,(H,11,12). The zero-order valence-electron chi connectivity index (χ0n) is 7.80. The lowest BCUT2D eigenvalue weighted by Crippen LogP contribution is -2.47. The maximum Gasteiger partial charge on any atom is 0.221 e. The van der Waals surface area contributed by atoms with E-state index in [1.807, 2.05) is 6.92 Å². The molecule has 13 heavy (non-hydrogen) atoms. The molecule has 0 radical (unpaired) electrons. The smallest absolute Gasteiger partial charge is 0.221 e. The first kappa shape index (κ1) is 10.0. The molecule has 1 aliphatic rings. The fourth-order valence-electron chi connectivity index (χ4n) is 1.34. The first-order chi connectivity index (χ1) is 6.22. The second-order valence-electron chi connectivity index (χ2n) is 3.29. The highest BCUT2D eigenvalue weighted by Gasteiger charge is 2.36. The van der Waals surface area contributed by atoms with Crippen LogP contribution in [0.25, 0.3) is 0 Å². The lowest BCUT2D eigenvalue weighted by molar-refractivity contribution is -0.122. The molecule has 0 aromatic heterocycles. The summed E-state index contributed by atoms with van der Waals surface area (Å²) in [4.78, 5) is 11.2. The second kappa shape index (κ2) is 4.24. The Labute approximate surface area is 77.9 Å². The Balaban J connectivity index is 2.49. The molecular weight excluding hydrogens is 168 g/mol. The van der Waals surface area contributed by atoms with E-state index in [9.17, 15) is 4.79 Å². The Morgan fingerprint density at radius 3 is 3.00 bits per heavy atom. The van der Waals surface area contributed by atoms with Crippen molar-refractivity contribution in [3.8, 4) is 6.07 Å². The van der Waals surface area contributed by atoms with Crippen LogP contribution in [0.5, 0.6) is 0 Å². The minimum Gasteiger partial charge on any atom is -0.378 e. The molecule has 0 bridgehead atoms. The van der Waals surface area contributed by atoms with Gasteiger partial charge in [0.15, 0.2) is 5.54 Å². The quantitative estimate of drug-likeness (QED) is 0.694. The van der Waals surface area contributed by atoms with Gasteiger partial charge in [-0.25, -0.2) is 0 Å². The normalized spacial score (nSPS) is 26.8. The number of carbonyl (C=O) groups excluding carboxylic acids is 1. The number of nitriles is 1. The van der Waals surface area contributed by atoms with Gasteiger partial charge >= 0.3 is 0 Å². The molecule has 1 rings (SSSR count). The van der Waals surface area contributed by atoms with Crippen molar-refractivity contribution in [2.24, 2.45) is 0 Å². The number of rotatable bonds is 3. The first-order valence-electron chi connectivity index (χ1n) is 4.52. The molecule has 4 nitrogen and oxygen atoms in total. The molecule has 1 atom stereocenters. The van der Waals surface area contributed by atoms with Crippen LogP contribution in [0.15, 0.2) is 0 Å². The summed E-state index contributed by atoms with van der Waals surface area (Å²) in [5, 5.41) is 11.6. The zero-order chi connectivity index (χ0) is 9.73. The van der Waals surface area contributed by atoms with E-state index >= 15 is 0 Å². The number of nitrogens with zero attached hydrogens (tertiary/aromatic N) is 1. The van der Waals surface area contributed by atoms with Gasteiger partial charge in [-0.05, 0) is 6.42 Å². The third kappa shape index (κ3) is 2.43. The monoisotopic (exact) mass is 182 g/mol. The molecule has 1 N–H and O–H groups in total. The molecule has 0 aliphatic carbocycles. The van der Waals surface area contributed by atoms with Gasteiger partial charge in [-0.1, -0.05) is 6.92 Å². The van der Waals surface area contributed by atoms with Crippen molar-refractivity contribution in [2.45, 2.75) is 31.7 Å². The minimum atomic E-state index is -0.758. The predicted molar refractivity (Wildman–Crippen MR) is 46.8 cm³/mol. The Bertz CT molecular complexity index is 226. The molecule has 4 heteroatoms. The summed E-state index contributed by atoms with van der Waals surface area (Å²) in [5.41, 5.74) is -0.758. The molecule has 1 aliphatic heterocycles. The highest BCUT2D eigenvalue weighted by Crippen LogP contribution is 2.17. The van der Waals surface area contributed by atoms with Crippen molar-refractivity contribution in [2.75, 3.05) is 13.2 Å². The Hall–Kier alpha value is -1.08. The van der Waals surface area contributed by atoms with Crippen molar-refractivity contribution in [1.29, 1.82) is 5.26 Å². The second-order valence-corrected chi connectivity index (χ2v) is 3.29. The molecular formula is C9H14N2O2. The summed E-state index contributed by atoms with van der Waals surface area (Å²) < 4.78 is 5.09. The largest absolute Gasteiger partial charge is 0.378 e. The Kier molecular flexibility index (Phi) is 3.26. The maximum absolute atomic E-state index is 11.2. The topological polar surface area (TPSA) is 62.1 Å². The number of ether oxygens (including phenoxy) is 1. The fraction of sp³-hybridized carbons (Fsp3) is 0.778. The zero-order valence-corrected chi connectivity index (χ0v) is 7.80. The van der Waals surface area contributed by atoms with E-state index in [1.54, 1.807) is 0 Å². The molecule has 1 fully saturated rings. The molecule has 72 valence electrons. The summed E-state index contributed by atoms with van der Waals surface area (Å²) in [6, 6.07) is 2.11. The first-order valence-corrected chi connectivity index (χ1v) is 4.52. The summed E-state index contributed by atoms with van der Waals surface area (Å²) in [7, 11) is 0. The van der Waals surface area contributed by atoms with Gasteiger partial charge in [0.05, 0.1) is 19.3 Å². The van der Waals surface area contributed by atoms with Crippen molar-refractivity contribution < 1.29 is 9.53 Å². The van der Waals surface area contributed by atoms with E-state index in [-0.39, 0.29) is 5.91 Å². The number of carbonyl (C=O) groups is 1. The average Bonchev–Trinajstić information content (AvgIpc) is 2.54. The highest BCUT2D eigenvalue weighted by molar-refractivity contribution is 5.77. The third-order valence-corrected chi connectivity index (χ3v) is 2.09. The third-order valence-electron chi connectivity index (χ3n) is 2.09. The summed E-state index contributed by atoms with van der Waals surface area (Å²) in [6.07, 6.45) is 1.87. The van der Waals surface area contributed by atoms with Crippen molar-refractivity contribution >= 4 is 5.91 Å². The number of hydrogen-bond donors (Lipinski definition) is 1. The van der Waals surface area contributed by atoms with Gasteiger partial charge in [0.1, 0.15) is 0 Å². The molecule has 1 amide bonds. The van der Waals surface area contributed by atoms with Crippen LogP contribution in [0.4, 0.5) is 0 Å². The van der Waals surface area contributed by atoms with Crippen molar-refractivity contribution in [3.05, 3.63) is 0 Å². The Morgan fingerprint density at radius 1 is 1.77 bits per heavy atom. The summed E-state index contributed by atoms with van der Waals surface area (Å²) >= 11 is 0. The van der Waals surface area contributed by atoms with E-state index in [0.29, 0.717) is 26.1 Å². The average molecular weight is 182 g/mol.